The van der Waals surface area contributed by atoms with E-state index < -0.39 is 16.6 Å². The van der Waals surface area contributed by atoms with Gasteiger partial charge in [-0.25, -0.2) is 4.39 Å². The molecule has 1 heterocycles. The molecule has 1 amide bonds. The first-order valence-electron chi connectivity index (χ1n) is 4.97. The van der Waals surface area contributed by atoms with Crippen molar-refractivity contribution < 1.29 is 14.1 Å². The zero-order valence-electron chi connectivity index (χ0n) is 9.22. The van der Waals surface area contributed by atoms with Gasteiger partial charge in [0, 0.05) is 16.6 Å². The van der Waals surface area contributed by atoms with Crippen LogP contribution < -0.4 is 5.32 Å². The molecule has 0 aliphatic carbocycles. The molecule has 1 N–H and O–H groups in total. The van der Waals surface area contributed by atoms with Crippen molar-refractivity contribution in [3.8, 4) is 0 Å². The SMILES string of the molecule is O=C(Nc1cc(F)ccc1[N+](=O)[O-])c1sccc1Br. The third-order valence-corrected chi connectivity index (χ3v) is 4.06. The summed E-state index contributed by atoms with van der Waals surface area (Å²) in [4.78, 5) is 22.4. The fraction of sp³-hybridized carbons (Fsp3) is 0. The number of nitrogens with one attached hydrogen (secondary N) is 1. The molecule has 2 rings (SSSR count). The van der Waals surface area contributed by atoms with Gasteiger partial charge in [-0.05, 0) is 33.4 Å². The van der Waals surface area contributed by atoms with E-state index >= 15 is 0 Å². The molecule has 0 radical (unpaired) electrons. The maximum absolute atomic E-state index is 13.1. The number of hydrogen-bond donors (Lipinski definition) is 1. The molecule has 0 fully saturated rings. The number of nitrogens with zero attached hydrogens (tertiary/aromatic N) is 1. The lowest BCUT2D eigenvalue weighted by molar-refractivity contribution is -0.384. The minimum atomic E-state index is -0.682. The normalized spacial score (nSPS) is 10.2. The standard InChI is InChI=1S/C11H6BrFN2O3S/c12-7-3-4-19-10(7)11(16)14-8-5-6(13)1-2-9(8)15(17)18/h1-5H,(H,14,16). The summed E-state index contributed by atoms with van der Waals surface area (Å²) in [5, 5.41) is 14.8. The van der Waals surface area contributed by atoms with E-state index in [1.54, 1.807) is 11.4 Å². The van der Waals surface area contributed by atoms with Crippen LogP contribution >= 0.6 is 27.3 Å². The Hall–Kier alpha value is -1.80. The first-order valence-corrected chi connectivity index (χ1v) is 6.64. The van der Waals surface area contributed by atoms with E-state index in [9.17, 15) is 19.3 Å². The van der Waals surface area contributed by atoms with Crippen molar-refractivity contribution in [1.29, 1.82) is 0 Å². The summed E-state index contributed by atoms with van der Waals surface area (Å²) in [5.74, 6) is -1.19. The molecule has 0 atom stereocenters. The van der Waals surface area contributed by atoms with Gasteiger partial charge in [-0.15, -0.1) is 11.3 Å². The van der Waals surface area contributed by atoms with Crippen LogP contribution in [0.15, 0.2) is 34.1 Å². The Labute approximate surface area is 119 Å². The average molecular weight is 345 g/mol. The number of anilines is 1. The van der Waals surface area contributed by atoms with Crippen molar-refractivity contribution in [2.24, 2.45) is 0 Å². The van der Waals surface area contributed by atoms with E-state index in [-0.39, 0.29) is 11.4 Å². The molecule has 0 saturated carbocycles. The molecule has 2 aromatic rings. The minimum absolute atomic E-state index is 0.171. The van der Waals surface area contributed by atoms with Crippen molar-refractivity contribution in [2.45, 2.75) is 0 Å². The summed E-state index contributed by atoms with van der Waals surface area (Å²) >= 11 is 4.36. The van der Waals surface area contributed by atoms with E-state index in [0.717, 1.165) is 18.2 Å². The Bertz CT molecular complexity index is 659. The Morgan fingerprint density at radius 2 is 2.16 bits per heavy atom. The molecule has 1 aromatic heterocycles. The number of rotatable bonds is 3. The summed E-state index contributed by atoms with van der Waals surface area (Å²) in [7, 11) is 0. The van der Waals surface area contributed by atoms with Crippen LogP contribution in [0.3, 0.4) is 0 Å². The molecular formula is C11H6BrFN2O3S. The molecule has 0 spiro atoms. The van der Waals surface area contributed by atoms with E-state index in [1.165, 1.54) is 11.3 Å². The zero-order chi connectivity index (χ0) is 14.0. The van der Waals surface area contributed by atoms with Crippen LogP contribution in [0, 0.1) is 15.9 Å². The molecule has 0 bridgehead atoms. The summed E-state index contributed by atoms with van der Waals surface area (Å²) < 4.78 is 13.7. The molecule has 8 heteroatoms. The highest BCUT2D eigenvalue weighted by atomic mass is 79.9. The Morgan fingerprint density at radius 3 is 2.74 bits per heavy atom. The van der Waals surface area contributed by atoms with E-state index in [0.29, 0.717) is 9.35 Å². The van der Waals surface area contributed by atoms with Crippen LogP contribution in [0.25, 0.3) is 0 Å². The van der Waals surface area contributed by atoms with E-state index in [2.05, 4.69) is 21.2 Å². The first kappa shape index (κ1) is 13.6. The Morgan fingerprint density at radius 1 is 1.42 bits per heavy atom. The number of amides is 1. The smallest absolute Gasteiger partial charge is 0.292 e. The van der Waals surface area contributed by atoms with Gasteiger partial charge in [-0.1, -0.05) is 0 Å². The fourth-order valence-corrected chi connectivity index (χ4v) is 2.85. The van der Waals surface area contributed by atoms with Crippen LogP contribution in [-0.2, 0) is 0 Å². The highest BCUT2D eigenvalue weighted by Gasteiger charge is 2.19. The summed E-state index contributed by atoms with van der Waals surface area (Å²) in [6, 6.07) is 4.57. The second-order valence-corrected chi connectivity index (χ2v) is 5.24. The third-order valence-electron chi connectivity index (χ3n) is 2.23. The number of nitro groups is 1. The highest BCUT2D eigenvalue weighted by molar-refractivity contribution is 9.10. The molecule has 98 valence electrons. The summed E-state index contributed by atoms with van der Waals surface area (Å²) in [6.45, 7) is 0. The van der Waals surface area contributed by atoms with Crippen LogP contribution in [0.4, 0.5) is 15.8 Å². The van der Waals surface area contributed by atoms with Gasteiger partial charge in [-0.3, -0.25) is 14.9 Å². The lowest BCUT2D eigenvalue weighted by atomic mass is 10.2. The number of nitro benzene ring substituents is 1. The highest BCUT2D eigenvalue weighted by Crippen LogP contribution is 2.28. The van der Waals surface area contributed by atoms with Gasteiger partial charge in [-0.2, -0.15) is 0 Å². The van der Waals surface area contributed by atoms with Crippen LogP contribution in [0.2, 0.25) is 0 Å². The number of hydrogen-bond acceptors (Lipinski definition) is 4. The van der Waals surface area contributed by atoms with Crippen LogP contribution in [0.1, 0.15) is 9.67 Å². The van der Waals surface area contributed by atoms with Crippen LogP contribution in [0.5, 0.6) is 0 Å². The molecule has 1 aromatic carbocycles. The predicted molar refractivity (Wildman–Crippen MR) is 73.0 cm³/mol. The number of benzene rings is 1. The largest absolute Gasteiger partial charge is 0.315 e. The quantitative estimate of drug-likeness (QED) is 0.679. The van der Waals surface area contributed by atoms with Crippen molar-refractivity contribution >= 4 is 44.5 Å². The predicted octanol–water partition coefficient (Wildman–Crippen LogP) is 3.81. The second-order valence-electron chi connectivity index (χ2n) is 3.47. The van der Waals surface area contributed by atoms with Gasteiger partial charge in [0.2, 0.25) is 0 Å². The third kappa shape index (κ3) is 2.96. The van der Waals surface area contributed by atoms with Crippen molar-refractivity contribution in [3.05, 3.63) is 54.9 Å². The van der Waals surface area contributed by atoms with Gasteiger partial charge in [0.1, 0.15) is 16.4 Å². The lowest BCUT2D eigenvalue weighted by Gasteiger charge is -2.05. The molecule has 5 nitrogen and oxygen atoms in total. The second kappa shape index (κ2) is 5.45. The summed E-state index contributed by atoms with van der Waals surface area (Å²) in [6.07, 6.45) is 0. The van der Waals surface area contributed by atoms with Crippen molar-refractivity contribution in [2.75, 3.05) is 5.32 Å². The summed E-state index contributed by atoms with van der Waals surface area (Å²) in [5.41, 5.74) is -0.530. The molecule has 0 unspecified atom stereocenters. The monoisotopic (exact) mass is 344 g/mol. The number of carbonyl (C=O) groups excluding carboxylic acids is 1. The Kier molecular flexibility index (Phi) is 3.91. The Balaban J connectivity index is 2.33. The lowest BCUT2D eigenvalue weighted by Crippen LogP contribution is -2.12. The average Bonchev–Trinajstić information content (AvgIpc) is 2.75. The molecule has 0 aliphatic rings. The van der Waals surface area contributed by atoms with Crippen molar-refractivity contribution in [1.82, 2.24) is 0 Å². The first-order chi connectivity index (χ1) is 8.99. The number of thiophene rings is 1. The van der Waals surface area contributed by atoms with Gasteiger partial charge in [0.15, 0.2) is 0 Å². The van der Waals surface area contributed by atoms with Gasteiger partial charge in [0.25, 0.3) is 11.6 Å². The van der Waals surface area contributed by atoms with Crippen molar-refractivity contribution in [3.63, 3.8) is 0 Å². The molecular weight excluding hydrogens is 339 g/mol. The molecule has 0 aliphatic heterocycles. The van der Waals surface area contributed by atoms with Gasteiger partial charge in [0.05, 0.1) is 4.92 Å². The maximum Gasteiger partial charge on any atom is 0.292 e. The van der Waals surface area contributed by atoms with Gasteiger partial charge < -0.3 is 5.32 Å². The molecule has 0 saturated heterocycles. The van der Waals surface area contributed by atoms with E-state index in [1.807, 2.05) is 0 Å². The fourth-order valence-electron chi connectivity index (χ4n) is 1.40. The number of carbonyl (C=O) groups is 1. The molecule has 19 heavy (non-hydrogen) atoms. The van der Waals surface area contributed by atoms with E-state index in [4.69, 9.17) is 0 Å². The van der Waals surface area contributed by atoms with Crippen LogP contribution in [-0.4, -0.2) is 10.8 Å². The maximum atomic E-state index is 13.1. The topological polar surface area (TPSA) is 72.2 Å². The minimum Gasteiger partial charge on any atom is -0.315 e. The zero-order valence-corrected chi connectivity index (χ0v) is 11.6. The van der Waals surface area contributed by atoms with Gasteiger partial charge >= 0.3 is 0 Å². The number of halogens is 2.